The number of imidazole rings is 1. The van der Waals surface area contributed by atoms with E-state index in [-0.39, 0.29) is 59.7 Å². The number of rotatable bonds is 15. The van der Waals surface area contributed by atoms with Gasteiger partial charge in [0.1, 0.15) is 11.4 Å². The molecule has 48 heavy (non-hydrogen) atoms. The van der Waals surface area contributed by atoms with Gasteiger partial charge in [0, 0.05) is 83.1 Å². The predicted molar refractivity (Wildman–Crippen MR) is 185 cm³/mol. The van der Waals surface area contributed by atoms with Crippen LogP contribution in [0.1, 0.15) is 48.4 Å². The Kier molecular flexibility index (Phi) is 12.0. The van der Waals surface area contributed by atoms with Crippen LogP contribution in [0, 0.1) is 5.41 Å². The second-order valence-electron chi connectivity index (χ2n) is 10.7. The van der Waals surface area contributed by atoms with Gasteiger partial charge >= 0.3 is 0 Å². The van der Waals surface area contributed by atoms with E-state index in [1.165, 1.54) is 21.7 Å². The molecule has 4 aromatic rings. The van der Waals surface area contributed by atoms with Crippen LogP contribution in [-0.2, 0) is 21.1 Å². The Morgan fingerprint density at radius 2 is 1.40 bits per heavy atom. The molecular formula is C31H37Cl2N11O4. The smallest absolute Gasteiger partial charge is 0.291 e. The van der Waals surface area contributed by atoms with E-state index in [2.05, 4.69) is 20.9 Å². The monoisotopic (exact) mass is 697 g/mol. The SMILES string of the molecule is Cn1cc(NC(=O)c2cc(NC(=O)c3nc(N(C(=O)c4ccccc4)N(CCCl)CCCl)cn3C)cn2C)cc1C(=O)NCCC(=N)N. The first-order valence-corrected chi connectivity index (χ1v) is 15.9. The topological polar surface area (TPSA) is 188 Å². The highest BCUT2D eigenvalue weighted by Crippen LogP contribution is 2.22. The zero-order chi connectivity index (χ0) is 35.0. The maximum Gasteiger partial charge on any atom is 0.291 e. The Labute approximate surface area is 287 Å². The third kappa shape index (κ3) is 8.61. The highest BCUT2D eigenvalue weighted by molar-refractivity contribution is 6.18. The number of carbonyl (C=O) groups excluding carboxylic acids is 4. The zero-order valence-corrected chi connectivity index (χ0v) is 28.2. The third-order valence-corrected chi connectivity index (χ3v) is 7.47. The van der Waals surface area contributed by atoms with Crippen LogP contribution in [0.25, 0.3) is 0 Å². The van der Waals surface area contributed by atoms with Crippen molar-refractivity contribution in [2.24, 2.45) is 26.9 Å². The van der Waals surface area contributed by atoms with Crippen molar-refractivity contribution >= 4 is 69.9 Å². The minimum absolute atomic E-state index is 0.0146. The lowest BCUT2D eigenvalue weighted by atomic mass is 10.2. The number of benzene rings is 1. The fraction of sp³-hybridized carbons (Fsp3) is 0.290. The molecule has 3 aromatic heterocycles. The second kappa shape index (κ2) is 16.1. The summed E-state index contributed by atoms with van der Waals surface area (Å²) in [5, 5.41) is 18.5. The molecule has 4 rings (SSSR count). The van der Waals surface area contributed by atoms with E-state index in [0.717, 1.165) is 0 Å². The summed E-state index contributed by atoms with van der Waals surface area (Å²) in [4.78, 5) is 57.2. The number of nitrogens with zero attached hydrogens (tertiary/aromatic N) is 6. The van der Waals surface area contributed by atoms with Gasteiger partial charge in [-0.15, -0.1) is 23.2 Å². The summed E-state index contributed by atoms with van der Waals surface area (Å²) in [6, 6.07) is 11.7. The number of hydrogen-bond donors (Lipinski definition) is 5. The van der Waals surface area contributed by atoms with Crippen LogP contribution in [0.2, 0.25) is 0 Å². The van der Waals surface area contributed by atoms with Crippen LogP contribution in [0.5, 0.6) is 0 Å². The molecule has 0 unspecified atom stereocenters. The Morgan fingerprint density at radius 3 is 1.96 bits per heavy atom. The lowest BCUT2D eigenvalue weighted by Gasteiger charge is -2.32. The predicted octanol–water partition coefficient (Wildman–Crippen LogP) is 3.00. The Balaban J connectivity index is 1.50. The number of aryl methyl sites for hydroxylation is 3. The van der Waals surface area contributed by atoms with Gasteiger partial charge in [-0.25, -0.2) is 15.0 Å². The minimum atomic E-state index is -0.571. The number of anilines is 3. The normalized spacial score (nSPS) is 11.0. The molecule has 1 aromatic carbocycles. The molecule has 0 saturated carbocycles. The number of amides is 4. The Morgan fingerprint density at radius 1 is 0.833 bits per heavy atom. The Hall–Kier alpha value is -5.12. The molecule has 15 nitrogen and oxygen atoms in total. The number of hydrazine groups is 1. The average molecular weight is 699 g/mol. The number of amidine groups is 1. The van der Waals surface area contributed by atoms with Crippen LogP contribution < -0.4 is 26.7 Å². The van der Waals surface area contributed by atoms with Gasteiger partial charge in [-0.2, -0.15) is 0 Å². The molecule has 0 radical (unpaired) electrons. The number of hydrogen-bond acceptors (Lipinski definition) is 7. The third-order valence-electron chi connectivity index (χ3n) is 7.14. The lowest BCUT2D eigenvalue weighted by Crippen LogP contribution is -2.49. The Bertz CT molecular complexity index is 1790. The van der Waals surface area contributed by atoms with Gasteiger partial charge in [-0.3, -0.25) is 24.6 Å². The number of aromatic nitrogens is 4. The quantitative estimate of drug-likeness (QED) is 0.0546. The summed E-state index contributed by atoms with van der Waals surface area (Å²) in [5.41, 5.74) is 7.01. The fourth-order valence-corrected chi connectivity index (χ4v) is 5.24. The summed E-state index contributed by atoms with van der Waals surface area (Å²) < 4.78 is 4.61. The van der Waals surface area contributed by atoms with E-state index in [9.17, 15) is 19.2 Å². The van der Waals surface area contributed by atoms with Crippen molar-refractivity contribution in [1.29, 1.82) is 5.41 Å². The van der Waals surface area contributed by atoms with Crippen molar-refractivity contribution in [3.8, 4) is 0 Å². The van der Waals surface area contributed by atoms with Crippen molar-refractivity contribution in [3.63, 3.8) is 0 Å². The van der Waals surface area contributed by atoms with Crippen molar-refractivity contribution < 1.29 is 19.2 Å². The fourth-order valence-electron chi connectivity index (χ4n) is 4.85. The summed E-state index contributed by atoms with van der Waals surface area (Å²) in [5.74, 6) is -1.15. The second-order valence-corrected chi connectivity index (χ2v) is 11.5. The maximum atomic E-state index is 13.6. The van der Waals surface area contributed by atoms with Gasteiger partial charge in [0.15, 0.2) is 5.82 Å². The first-order chi connectivity index (χ1) is 22.9. The van der Waals surface area contributed by atoms with Gasteiger partial charge in [-0.1, -0.05) is 18.2 Å². The van der Waals surface area contributed by atoms with Gasteiger partial charge in [-0.05, 0) is 24.3 Å². The van der Waals surface area contributed by atoms with E-state index in [1.54, 1.807) is 84.2 Å². The van der Waals surface area contributed by atoms with Gasteiger partial charge in [0.25, 0.3) is 23.6 Å². The molecule has 0 saturated heterocycles. The van der Waals surface area contributed by atoms with E-state index in [4.69, 9.17) is 34.3 Å². The first kappa shape index (κ1) is 35.7. The standard InChI is InChI=1S/C31H37Cl2N11O4/c1-40-17-21(15-23(40)28(45)36-12-9-25(34)35)37-29(46)24-16-22(18-41(24)2)38-30(47)27-39-26(19-42(27)3)44(43(13-10-32)14-11-33)31(48)20-7-5-4-6-8-20/h4-8,15-19H,9-14H2,1-3H3,(H3,34,35)(H,36,45)(H,37,46)(H,38,47). The maximum absolute atomic E-state index is 13.6. The van der Waals surface area contributed by atoms with Crippen LogP contribution in [0.15, 0.2) is 61.1 Å². The van der Waals surface area contributed by atoms with Crippen LogP contribution in [0.3, 0.4) is 0 Å². The highest BCUT2D eigenvalue weighted by atomic mass is 35.5. The summed E-state index contributed by atoms with van der Waals surface area (Å²) in [7, 11) is 4.95. The summed E-state index contributed by atoms with van der Waals surface area (Å²) >= 11 is 12.1. The molecule has 0 aliphatic heterocycles. The molecule has 6 N–H and O–H groups in total. The minimum Gasteiger partial charge on any atom is -0.388 e. The number of alkyl halides is 2. The molecule has 4 amide bonds. The van der Waals surface area contributed by atoms with Gasteiger partial charge in [0.2, 0.25) is 5.82 Å². The van der Waals surface area contributed by atoms with Crippen molar-refractivity contribution in [1.82, 2.24) is 29.0 Å². The molecule has 0 aliphatic carbocycles. The van der Waals surface area contributed by atoms with Gasteiger partial charge in [0.05, 0.1) is 17.2 Å². The molecule has 254 valence electrons. The van der Waals surface area contributed by atoms with Gasteiger partial charge < -0.3 is 35.4 Å². The van der Waals surface area contributed by atoms with Crippen molar-refractivity contribution in [3.05, 3.63) is 83.8 Å². The number of nitrogens with two attached hydrogens (primary N) is 1. The molecular weight excluding hydrogens is 661 g/mol. The largest absolute Gasteiger partial charge is 0.388 e. The average Bonchev–Trinajstić information content (AvgIpc) is 3.73. The van der Waals surface area contributed by atoms with Crippen LogP contribution in [-0.4, -0.2) is 84.6 Å². The molecule has 3 heterocycles. The van der Waals surface area contributed by atoms with Crippen LogP contribution >= 0.6 is 23.2 Å². The van der Waals surface area contributed by atoms with E-state index >= 15 is 0 Å². The first-order valence-electron chi connectivity index (χ1n) is 14.8. The van der Waals surface area contributed by atoms with Crippen LogP contribution in [0.4, 0.5) is 17.2 Å². The lowest BCUT2D eigenvalue weighted by molar-refractivity contribution is 0.0899. The highest BCUT2D eigenvalue weighted by Gasteiger charge is 2.28. The molecule has 0 bridgehead atoms. The van der Waals surface area contributed by atoms with E-state index < -0.39 is 11.8 Å². The van der Waals surface area contributed by atoms with E-state index in [0.29, 0.717) is 35.7 Å². The molecule has 0 spiro atoms. The summed E-state index contributed by atoms with van der Waals surface area (Å²) in [6.07, 6.45) is 4.95. The van der Waals surface area contributed by atoms with Crippen molar-refractivity contribution in [2.45, 2.75) is 6.42 Å². The van der Waals surface area contributed by atoms with E-state index in [1.807, 2.05) is 0 Å². The zero-order valence-electron chi connectivity index (χ0n) is 26.7. The molecule has 0 atom stereocenters. The molecule has 0 fully saturated rings. The number of halogens is 2. The number of carbonyl (C=O) groups is 4. The van der Waals surface area contributed by atoms with Crippen molar-refractivity contribution in [2.75, 3.05) is 47.0 Å². The molecule has 17 heteroatoms. The molecule has 0 aliphatic rings. The number of nitrogens with one attached hydrogen (secondary N) is 4. The summed E-state index contributed by atoms with van der Waals surface area (Å²) in [6.45, 7) is 0.819.